The molecule has 13 nitrogen and oxygen atoms in total. The van der Waals surface area contributed by atoms with E-state index in [0.29, 0.717) is 16.6 Å². The summed E-state index contributed by atoms with van der Waals surface area (Å²) >= 11 is 0. The maximum atomic E-state index is 13.4. The number of carbonyl (C=O) groups is 3. The molecule has 2 aromatic rings. The molecule has 0 amide bonds. The molecule has 1 aromatic heterocycles. The van der Waals surface area contributed by atoms with E-state index >= 15 is 0 Å². The maximum Gasteiger partial charge on any atom is 0.305 e. The molecule has 3 N–H and O–H groups in total. The Morgan fingerprint density at radius 2 is 1.53 bits per heavy atom. The van der Waals surface area contributed by atoms with Crippen molar-refractivity contribution in [2.24, 2.45) is 7.05 Å². The highest BCUT2D eigenvalue weighted by Crippen LogP contribution is 2.35. The number of ether oxygens (including phenoxy) is 6. The average Bonchev–Trinajstić information content (AvgIpc) is 2.93. The summed E-state index contributed by atoms with van der Waals surface area (Å²) < 4.78 is 35.0. The van der Waals surface area contributed by atoms with Gasteiger partial charge in [0.15, 0.2) is 11.9 Å². The van der Waals surface area contributed by atoms with Crippen LogP contribution >= 0.6 is 0 Å². The topological polar surface area (TPSA) is 175 Å². The molecule has 2 heterocycles. The first-order valence-electron chi connectivity index (χ1n) is 14.5. The Hall–Kier alpha value is -3.84. The van der Waals surface area contributed by atoms with Crippen molar-refractivity contribution in [1.29, 1.82) is 0 Å². The lowest BCUT2D eigenvalue weighted by atomic mass is 9.98. The summed E-state index contributed by atoms with van der Waals surface area (Å²) in [5.74, 6) is -2.23. The molecule has 238 valence electrons. The van der Waals surface area contributed by atoms with E-state index in [2.05, 4.69) is 6.92 Å². The molecule has 5 atom stereocenters. The number of aliphatic hydroxyl groups excluding tert-OH is 1. The normalized spacial score (nSPS) is 21.7. The van der Waals surface area contributed by atoms with Crippen LogP contribution in [-0.4, -0.2) is 71.5 Å². The number of unbranched alkanes of at least 4 members (excludes halogenated alkanes) is 5. The number of carbonyl (C=O) groups excluding carboxylic acids is 3. The van der Waals surface area contributed by atoms with Crippen LogP contribution in [0.5, 0.6) is 11.5 Å². The molecule has 1 aliphatic rings. The Kier molecular flexibility index (Phi) is 12.2. The number of anilines is 1. The number of aryl methyl sites for hydroxylation is 1. The van der Waals surface area contributed by atoms with Crippen LogP contribution in [0.1, 0.15) is 66.2 Å². The van der Waals surface area contributed by atoms with E-state index in [0.717, 1.165) is 52.9 Å². The number of hydrogen-bond acceptors (Lipinski definition) is 12. The summed E-state index contributed by atoms with van der Waals surface area (Å²) in [6, 6.07) is 4.97. The number of nitrogen functional groups attached to an aromatic ring is 1. The molecular formula is C30H42N2O11. The molecule has 0 bridgehead atoms. The number of rotatable bonds is 14. The van der Waals surface area contributed by atoms with Gasteiger partial charge in [-0.1, -0.05) is 39.0 Å². The number of hydrogen-bond donors (Lipinski definition) is 2. The second kappa shape index (κ2) is 15.6. The van der Waals surface area contributed by atoms with Crippen LogP contribution < -0.4 is 20.8 Å². The largest absolute Gasteiger partial charge is 0.486 e. The van der Waals surface area contributed by atoms with E-state index in [1.54, 1.807) is 25.2 Å². The number of aliphatic hydroxyl groups is 1. The molecular weight excluding hydrogens is 564 g/mol. The minimum Gasteiger partial charge on any atom is -0.486 e. The van der Waals surface area contributed by atoms with Gasteiger partial charge in [0.25, 0.3) is 5.56 Å². The van der Waals surface area contributed by atoms with Crippen LogP contribution in [0.4, 0.5) is 5.69 Å². The van der Waals surface area contributed by atoms with Crippen molar-refractivity contribution in [3.05, 3.63) is 28.6 Å². The minimum absolute atomic E-state index is 0.0236. The van der Waals surface area contributed by atoms with Gasteiger partial charge in [0.05, 0.1) is 12.1 Å². The standard InChI is InChI=1S/C30H42N2O11/c1-6-7-8-9-10-11-14-38-27-25(21-13-12-20(31)15-22(21)32(5)29(27)37)39-16-23-24(36)26(40-17(2)33)28(41-18(3)34)30(43-23)42-19(4)35/h12-13,15,23-24,26,28,30,36H,6-11,14,16,31H2,1-5H3/t23-,24-,26+,28-,30+/m0/s1. The van der Waals surface area contributed by atoms with Gasteiger partial charge in [0, 0.05) is 38.9 Å². The van der Waals surface area contributed by atoms with E-state index in [9.17, 15) is 24.3 Å². The fraction of sp³-hybridized carbons (Fsp3) is 0.600. The zero-order chi connectivity index (χ0) is 31.7. The number of benzene rings is 1. The maximum absolute atomic E-state index is 13.4. The number of esters is 3. The summed E-state index contributed by atoms with van der Waals surface area (Å²) in [5.41, 5.74) is 6.46. The first kappa shape index (κ1) is 33.7. The molecule has 1 aliphatic heterocycles. The van der Waals surface area contributed by atoms with Gasteiger partial charge in [-0.15, -0.1) is 0 Å². The monoisotopic (exact) mass is 606 g/mol. The molecule has 0 aliphatic carbocycles. The molecule has 43 heavy (non-hydrogen) atoms. The number of pyridine rings is 1. The van der Waals surface area contributed by atoms with Crippen molar-refractivity contribution in [2.45, 2.75) is 96.9 Å². The van der Waals surface area contributed by atoms with Crippen molar-refractivity contribution in [2.75, 3.05) is 18.9 Å². The fourth-order valence-electron chi connectivity index (χ4n) is 4.92. The summed E-state index contributed by atoms with van der Waals surface area (Å²) in [6.07, 6.45) is -1.04. The van der Waals surface area contributed by atoms with Gasteiger partial charge in [0.2, 0.25) is 18.1 Å². The first-order chi connectivity index (χ1) is 20.4. The lowest BCUT2D eigenvalue weighted by molar-refractivity contribution is -0.296. The third-order valence-corrected chi connectivity index (χ3v) is 6.97. The minimum atomic E-state index is -1.57. The molecule has 0 spiro atoms. The van der Waals surface area contributed by atoms with Crippen LogP contribution in [0.15, 0.2) is 23.0 Å². The van der Waals surface area contributed by atoms with Crippen LogP contribution in [0.25, 0.3) is 10.9 Å². The van der Waals surface area contributed by atoms with Crippen LogP contribution in [0, 0.1) is 0 Å². The zero-order valence-electron chi connectivity index (χ0n) is 25.3. The van der Waals surface area contributed by atoms with Crippen molar-refractivity contribution in [3.63, 3.8) is 0 Å². The predicted octanol–water partition coefficient (Wildman–Crippen LogP) is 2.75. The molecule has 1 fully saturated rings. The van der Waals surface area contributed by atoms with Gasteiger partial charge in [0.1, 0.15) is 18.8 Å². The molecule has 1 saturated heterocycles. The van der Waals surface area contributed by atoms with Gasteiger partial charge >= 0.3 is 17.9 Å². The molecule has 0 saturated carbocycles. The third-order valence-electron chi connectivity index (χ3n) is 6.97. The Morgan fingerprint density at radius 1 is 0.907 bits per heavy atom. The van der Waals surface area contributed by atoms with E-state index in [-0.39, 0.29) is 24.7 Å². The Balaban J connectivity index is 1.92. The van der Waals surface area contributed by atoms with E-state index < -0.39 is 54.2 Å². The summed E-state index contributed by atoms with van der Waals surface area (Å²) in [7, 11) is 1.60. The predicted molar refractivity (Wildman–Crippen MR) is 156 cm³/mol. The fourth-order valence-corrected chi connectivity index (χ4v) is 4.92. The van der Waals surface area contributed by atoms with Crippen LogP contribution in [0.3, 0.4) is 0 Å². The van der Waals surface area contributed by atoms with Gasteiger partial charge in [-0.2, -0.15) is 0 Å². The van der Waals surface area contributed by atoms with E-state index in [4.69, 9.17) is 34.2 Å². The summed E-state index contributed by atoms with van der Waals surface area (Å²) in [4.78, 5) is 48.9. The van der Waals surface area contributed by atoms with Crippen LogP contribution in [0.2, 0.25) is 0 Å². The van der Waals surface area contributed by atoms with E-state index in [1.165, 1.54) is 11.0 Å². The Labute approximate surface area is 250 Å². The van der Waals surface area contributed by atoms with Crippen molar-refractivity contribution in [3.8, 4) is 11.5 Å². The highest BCUT2D eigenvalue weighted by Gasteiger charge is 2.51. The zero-order valence-corrected chi connectivity index (χ0v) is 25.3. The lowest BCUT2D eigenvalue weighted by Gasteiger charge is -2.42. The second-order valence-corrected chi connectivity index (χ2v) is 10.5. The quantitative estimate of drug-likeness (QED) is 0.139. The molecule has 13 heteroatoms. The van der Waals surface area contributed by atoms with Crippen molar-refractivity contribution < 1.29 is 47.9 Å². The second-order valence-electron chi connectivity index (χ2n) is 10.5. The van der Waals surface area contributed by atoms with Crippen molar-refractivity contribution >= 4 is 34.5 Å². The van der Waals surface area contributed by atoms with E-state index in [1.807, 2.05) is 0 Å². The van der Waals surface area contributed by atoms with Crippen molar-refractivity contribution in [1.82, 2.24) is 4.57 Å². The average molecular weight is 607 g/mol. The SMILES string of the molecule is CCCCCCCCOc1c(OC[C@@H]2O[C@@H](OC(C)=O)[C@@H](OC(C)=O)[C@H](OC(C)=O)[C@H]2O)c2ccc(N)cc2n(C)c1=O. The molecule has 1 aromatic carbocycles. The highest BCUT2D eigenvalue weighted by atomic mass is 16.7. The number of nitrogens with zero attached hydrogens (tertiary/aromatic N) is 1. The van der Waals surface area contributed by atoms with Gasteiger partial charge in [-0.05, 0) is 24.6 Å². The summed E-state index contributed by atoms with van der Waals surface area (Å²) in [6.45, 7) is 5.40. The van der Waals surface area contributed by atoms with Gasteiger partial charge in [-0.25, -0.2) is 0 Å². The molecule has 3 rings (SSSR count). The smallest absolute Gasteiger partial charge is 0.305 e. The van der Waals surface area contributed by atoms with Gasteiger partial charge in [-0.3, -0.25) is 19.2 Å². The van der Waals surface area contributed by atoms with Gasteiger partial charge < -0.3 is 43.8 Å². The Bertz CT molecular complexity index is 1340. The first-order valence-corrected chi connectivity index (χ1v) is 14.5. The number of aromatic nitrogens is 1. The molecule has 0 unspecified atom stereocenters. The molecule has 0 radical (unpaired) electrons. The summed E-state index contributed by atoms with van der Waals surface area (Å²) in [5, 5.41) is 11.7. The third kappa shape index (κ3) is 8.83. The Morgan fingerprint density at radius 3 is 2.19 bits per heavy atom. The lowest BCUT2D eigenvalue weighted by Crippen LogP contribution is -2.62. The number of fused-ring (bicyclic) bond motifs is 1. The van der Waals surface area contributed by atoms with Crippen LogP contribution in [-0.2, 0) is 40.4 Å². The highest BCUT2D eigenvalue weighted by molar-refractivity contribution is 5.90. The number of nitrogens with two attached hydrogens (primary N) is 1.